The number of benzene rings is 1. The zero-order chi connectivity index (χ0) is 19.3. The van der Waals surface area contributed by atoms with E-state index in [1.807, 2.05) is 0 Å². The Bertz CT molecular complexity index is 827. The first kappa shape index (κ1) is 18.9. The molecule has 26 heavy (non-hydrogen) atoms. The van der Waals surface area contributed by atoms with Gasteiger partial charge in [-0.1, -0.05) is 0 Å². The summed E-state index contributed by atoms with van der Waals surface area (Å²) in [5, 5.41) is 21.7. The molecule has 0 saturated heterocycles. The normalized spacial score (nSPS) is 17.2. The van der Waals surface area contributed by atoms with Crippen molar-refractivity contribution < 1.29 is 19.0 Å². The average Bonchev–Trinajstić information content (AvgIpc) is 3.39. The molecule has 0 spiro atoms. The summed E-state index contributed by atoms with van der Waals surface area (Å²) in [7, 11) is 0. The van der Waals surface area contributed by atoms with Crippen LogP contribution in [0.4, 0.5) is 8.78 Å². The van der Waals surface area contributed by atoms with E-state index in [4.69, 9.17) is 5.73 Å². The molecular formula is C20H24F2N2O2. The predicted octanol–water partition coefficient (Wildman–Crippen LogP) is 3.12. The molecule has 0 bridgehead atoms. The molecule has 1 atom stereocenters. The van der Waals surface area contributed by atoms with E-state index in [-0.39, 0.29) is 29.4 Å². The summed E-state index contributed by atoms with van der Waals surface area (Å²) in [5.41, 5.74) is 4.06. The summed E-state index contributed by atoms with van der Waals surface area (Å²) in [5.74, 6) is -1.17. The van der Waals surface area contributed by atoms with Crippen molar-refractivity contribution in [1.29, 1.82) is 0 Å². The number of aromatic nitrogens is 1. The van der Waals surface area contributed by atoms with Gasteiger partial charge in [-0.15, -0.1) is 0 Å². The Balaban J connectivity index is 2.31. The van der Waals surface area contributed by atoms with Gasteiger partial charge in [-0.2, -0.15) is 0 Å². The van der Waals surface area contributed by atoms with Gasteiger partial charge in [0, 0.05) is 17.7 Å². The monoisotopic (exact) mass is 362 g/mol. The van der Waals surface area contributed by atoms with Crippen LogP contribution in [0.3, 0.4) is 0 Å². The second kappa shape index (κ2) is 6.37. The Morgan fingerprint density at radius 1 is 1.15 bits per heavy atom. The van der Waals surface area contributed by atoms with Crippen molar-refractivity contribution in [3.05, 3.63) is 52.7 Å². The van der Waals surface area contributed by atoms with Crippen LogP contribution in [0.25, 0.3) is 11.3 Å². The molecular weight excluding hydrogens is 338 g/mol. The summed E-state index contributed by atoms with van der Waals surface area (Å²) in [6.45, 7) is 4.55. The fourth-order valence-corrected chi connectivity index (χ4v) is 3.61. The van der Waals surface area contributed by atoms with Crippen molar-refractivity contribution in [1.82, 2.24) is 4.98 Å². The molecule has 1 aliphatic carbocycles. The molecule has 0 amide bonds. The lowest BCUT2D eigenvalue weighted by Gasteiger charge is -2.32. The smallest absolute Gasteiger partial charge is 0.155 e. The zero-order valence-corrected chi connectivity index (χ0v) is 15.2. The van der Waals surface area contributed by atoms with Crippen molar-refractivity contribution in [2.75, 3.05) is 6.54 Å². The van der Waals surface area contributed by atoms with E-state index in [0.29, 0.717) is 11.1 Å². The highest BCUT2D eigenvalue weighted by Gasteiger charge is 2.47. The molecule has 0 radical (unpaired) electrons. The molecule has 1 fully saturated rings. The van der Waals surface area contributed by atoms with Gasteiger partial charge in [0.1, 0.15) is 17.1 Å². The highest BCUT2D eigenvalue weighted by Crippen LogP contribution is 2.47. The van der Waals surface area contributed by atoms with Crippen LogP contribution in [0, 0.1) is 24.5 Å². The summed E-state index contributed by atoms with van der Waals surface area (Å²) in [6.07, 6.45) is 1.63. The van der Waals surface area contributed by atoms with Crippen LogP contribution < -0.4 is 5.73 Å². The van der Waals surface area contributed by atoms with Gasteiger partial charge in [-0.3, -0.25) is 0 Å². The molecule has 1 saturated carbocycles. The van der Waals surface area contributed by atoms with Crippen LogP contribution >= 0.6 is 0 Å². The van der Waals surface area contributed by atoms with Crippen molar-refractivity contribution >= 4 is 0 Å². The maximum Gasteiger partial charge on any atom is 0.155 e. The molecule has 1 aromatic carbocycles. The van der Waals surface area contributed by atoms with Gasteiger partial charge in [0.15, 0.2) is 5.82 Å². The first-order chi connectivity index (χ1) is 12.1. The lowest BCUT2D eigenvalue weighted by Crippen LogP contribution is -2.40. The lowest BCUT2D eigenvalue weighted by atomic mass is 9.84. The average molecular weight is 362 g/mol. The Morgan fingerprint density at radius 3 is 2.19 bits per heavy atom. The minimum absolute atomic E-state index is 0.0322. The first-order valence-corrected chi connectivity index (χ1v) is 8.71. The molecule has 0 aliphatic heterocycles. The fraction of sp³-hybridized carbons (Fsp3) is 0.450. The van der Waals surface area contributed by atoms with Crippen LogP contribution in [-0.4, -0.2) is 21.7 Å². The number of nitrogens with zero attached hydrogens (tertiary/aromatic N) is 1. The second-order valence-electron chi connectivity index (χ2n) is 7.59. The van der Waals surface area contributed by atoms with Gasteiger partial charge in [0.05, 0.1) is 11.3 Å². The molecule has 2 aromatic rings. The summed E-state index contributed by atoms with van der Waals surface area (Å²) < 4.78 is 28.5. The van der Waals surface area contributed by atoms with E-state index in [9.17, 15) is 14.6 Å². The van der Waals surface area contributed by atoms with Crippen LogP contribution in [0.15, 0.2) is 24.3 Å². The highest BCUT2D eigenvalue weighted by molar-refractivity contribution is 5.63. The Labute approximate surface area is 151 Å². The van der Waals surface area contributed by atoms with E-state index in [0.717, 1.165) is 12.8 Å². The fourth-order valence-electron chi connectivity index (χ4n) is 3.61. The van der Waals surface area contributed by atoms with E-state index in [2.05, 4.69) is 4.98 Å². The number of pyridine rings is 1. The van der Waals surface area contributed by atoms with Crippen LogP contribution in [0.2, 0.25) is 0 Å². The number of nitrogens with two attached hydrogens (primary N) is 1. The summed E-state index contributed by atoms with van der Waals surface area (Å²) in [6, 6.07) is 5.28. The summed E-state index contributed by atoms with van der Waals surface area (Å²) >= 11 is 0. The molecule has 3 rings (SSSR count). The van der Waals surface area contributed by atoms with Crippen molar-refractivity contribution in [3.63, 3.8) is 0 Å². The molecule has 4 N–H and O–H groups in total. The third kappa shape index (κ3) is 3.13. The molecule has 1 heterocycles. The number of halogens is 2. The van der Waals surface area contributed by atoms with Crippen molar-refractivity contribution in [3.8, 4) is 11.3 Å². The third-order valence-electron chi connectivity index (χ3n) is 5.08. The largest absolute Gasteiger partial charge is 0.386 e. The van der Waals surface area contributed by atoms with Gasteiger partial charge in [-0.25, -0.2) is 13.8 Å². The lowest BCUT2D eigenvalue weighted by molar-refractivity contribution is 0.0161. The van der Waals surface area contributed by atoms with Crippen molar-refractivity contribution in [2.24, 2.45) is 11.7 Å². The van der Waals surface area contributed by atoms with Gasteiger partial charge in [0.2, 0.25) is 0 Å². The SMILES string of the molecule is Cc1c(C(O)(CN)C2CC2)nc(-c2ccc(F)cc2)c(F)c1C(C)(C)O. The maximum absolute atomic E-state index is 15.3. The van der Waals surface area contributed by atoms with Crippen LogP contribution in [-0.2, 0) is 11.2 Å². The number of aliphatic hydroxyl groups is 2. The van der Waals surface area contributed by atoms with E-state index in [1.54, 1.807) is 6.92 Å². The molecule has 1 aliphatic rings. The van der Waals surface area contributed by atoms with E-state index < -0.39 is 22.8 Å². The number of hydrogen-bond donors (Lipinski definition) is 3. The molecule has 6 heteroatoms. The Kier molecular flexibility index (Phi) is 4.63. The van der Waals surface area contributed by atoms with Gasteiger partial charge < -0.3 is 15.9 Å². The van der Waals surface area contributed by atoms with Crippen LogP contribution in [0.1, 0.15) is 43.5 Å². The molecule has 4 nitrogen and oxygen atoms in total. The minimum Gasteiger partial charge on any atom is -0.386 e. The van der Waals surface area contributed by atoms with Gasteiger partial charge in [0.25, 0.3) is 0 Å². The molecule has 140 valence electrons. The number of rotatable bonds is 5. The van der Waals surface area contributed by atoms with E-state index >= 15 is 4.39 Å². The molecule has 1 unspecified atom stereocenters. The maximum atomic E-state index is 15.3. The minimum atomic E-state index is -1.49. The highest BCUT2D eigenvalue weighted by atomic mass is 19.1. The van der Waals surface area contributed by atoms with Gasteiger partial charge >= 0.3 is 0 Å². The standard InChI is InChI=1S/C20H24F2N2O2/c1-11-15(19(2,3)25)16(22)17(12-4-8-14(21)9-5-12)24-18(11)20(26,10-23)13-6-7-13/h4-5,8-9,13,25-26H,6-7,10,23H2,1-3H3. The Morgan fingerprint density at radius 2 is 1.73 bits per heavy atom. The summed E-state index contributed by atoms with van der Waals surface area (Å²) in [4.78, 5) is 4.41. The molecule has 1 aromatic heterocycles. The quantitative estimate of drug-likeness (QED) is 0.764. The van der Waals surface area contributed by atoms with E-state index in [1.165, 1.54) is 38.1 Å². The van der Waals surface area contributed by atoms with Gasteiger partial charge in [-0.05, 0) is 69.4 Å². The van der Waals surface area contributed by atoms with Crippen molar-refractivity contribution in [2.45, 2.75) is 44.8 Å². The first-order valence-electron chi connectivity index (χ1n) is 8.71. The zero-order valence-electron chi connectivity index (χ0n) is 15.2. The number of hydrogen-bond acceptors (Lipinski definition) is 4. The topological polar surface area (TPSA) is 79.4 Å². The van der Waals surface area contributed by atoms with Crippen LogP contribution in [0.5, 0.6) is 0 Å². The Hall–Kier alpha value is -1.89. The third-order valence-corrected chi connectivity index (χ3v) is 5.08. The predicted molar refractivity (Wildman–Crippen MR) is 95.2 cm³/mol. The second-order valence-corrected chi connectivity index (χ2v) is 7.59.